The molecule has 96 valence electrons. The van der Waals surface area contributed by atoms with E-state index in [2.05, 4.69) is 31.0 Å². The number of nitrogens with one attached hydrogen (secondary N) is 1. The molecule has 4 heteroatoms. The fourth-order valence-electron chi connectivity index (χ4n) is 2.00. The lowest BCUT2D eigenvalue weighted by molar-refractivity contribution is -0.0325. The zero-order chi connectivity index (χ0) is 12.0. The van der Waals surface area contributed by atoms with Crippen molar-refractivity contribution in [2.45, 2.75) is 32.9 Å². The van der Waals surface area contributed by atoms with Gasteiger partial charge >= 0.3 is 0 Å². The average Bonchev–Trinajstić information content (AvgIpc) is 2.27. The number of morpholine rings is 1. The van der Waals surface area contributed by atoms with Gasteiger partial charge in [0.15, 0.2) is 0 Å². The molecule has 0 amide bonds. The molecule has 0 aromatic heterocycles. The van der Waals surface area contributed by atoms with E-state index >= 15 is 0 Å². The number of ether oxygens (including phenoxy) is 1. The summed E-state index contributed by atoms with van der Waals surface area (Å²) in [6.45, 7) is 11.2. The van der Waals surface area contributed by atoms with E-state index in [4.69, 9.17) is 4.74 Å². The van der Waals surface area contributed by atoms with Gasteiger partial charge in [0, 0.05) is 19.1 Å². The molecule has 0 spiro atoms. The van der Waals surface area contributed by atoms with Gasteiger partial charge in [0.1, 0.15) is 0 Å². The van der Waals surface area contributed by atoms with Crippen LogP contribution in [0.1, 0.15) is 20.8 Å². The fraction of sp³-hybridized carbons (Fsp3) is 1.00. The Morgan fingerprint density at radius 3 is 2.81 bits per heavy atom. The summed E-state index contributed by atoms with van der Waals surface area (Å²) < 4.78 is 5.37. The minimum absolute atomic E-state index is 0.190. The zero-order valence-electron chi connectivity index (χ0n) is 10.8. The van der Waals surface area contributed by atoms with Crippen LogP contribution >= 0.6 is 0 Å². The Bertz CT molecular complexity index is 188. The van der Waals surface area contributed by atoms with Crippen LogP contribution in [0.4, 0.5) is 0 Å². The van der Waals surface area contributed by atoms with Crippen molar-refractivity contribution in [1.82, 2.24) is 10.2 Å². The maximum absolute atomic E-state index is 9.26. The minimum atomic E-state index is 0.190. The number of aliphatic hydroxyl groups is 1. The molecule has 0 radical (unpaired) electrons. The first-order chi connectivity index (χ1) is 7.63. The zero-order valence-corrected chi connectivity index (χ0v) is 10.8. The lowest BCUT2D eigenvalue weighted by atomic mass is 10.1. The van der Waals surface area contributed by atoms with E-state index < -0.39 is 0 Å². The molecule has 0 aliphatic carbocycles. The number of aliphatic hydroxyl groups excluding tert-OH is 1. The van der Waals surface area contributed by atoms with Crippen molar-refractivity contribution < 1.29 is 9.84 Å². The maximum atomic E-state index is 9.26. The second-order valence-corrected chi connectivity index (χ2v) is 5.07. The van der Waals surface area contributed by atoms with E-state index in [-0.39, 0.29) is 12.6 Å². The number of nitrogens with zero attached hydrogens (tertiary/aromatic N) is 1. The smallest absolute Gasteiger partial charge is 0.0644 e. The van der Waals surface area contributed by atoms with Gasteiger partial charge in [0.05, 0.1) is 25.9 Å². The van der Waals surface area contributed by atoms with E-state index in [1.165, 1.54) is 0 Å². The topological polar surface area (TPSA) is 44.7 Å². The normalized spacial score (nSPS) is 24.9. The third-order valence-corrected chi connectivity index (χ3v) is 2.98. The predicted molar refractivity (Wildman–Crippen MR) is 65.6 cm³/mol. The van der Waals surface area contributed by atoms with Crippen LogP contribution in [-0.2, 0) is 4.74 Å². The Hall–Kier alpha value is -0.160. The van der Waals surface area contributed by atoms with Crippen LogP contribution in [-0.4, -0.2) is 61.5 Å². The summed E-state index contributed by atoms with van der Waals surface area (Å²) in [6.07, 6.45) is 0. The van der Waals surface area contributed by atoms with Crippen molar-refractivity contribution in [2.75, 3.05) is 39.5 Å². The molecule has 1 rings (SSSR count). The van der Waals surface area contributed by atoms with Crippen molar-refractivity contribution in [1.29, 1.82) is 0 Å². The summed E-state index contributed by atoms with van der Waals surface area (Å²) >= 11 is 0. The molecule has 0 aromatic carbocycles. The van der Waals surface area contributed by atoms with Gasteiger partial charge in [-0.05, 0) is 12.5 Å². The summed E-state index contributed by atoms with van der Waals surface area (Å²) in [5.41, 5.74) is 0. The van der Waals surface area contributed by atoms with E-state index in [9.17, 15) is 5.11 Å². The molecule has 1 aliphatic rings. The Labute approximate surface area is 99.0 Å². The van der Waals surface area contributed by atoms with Gasteiger partial charge in [0.25, 0.3) is 0 Å². The monoisotopic (exact) mass is 230 g/mol. The lowest BCUT2D eigenvalue weighted by Crippen LogP contribution is -2.50. The molecule has 4 nitrogen and oxygen atoms in total. The second-order valence-electron chi connectivity index (χ2n) is 5.07. The van der Waals surface area contributed by atoms with Gasteiger partial charge < -0.3 is 15.2 Å². The standard InChI is InChI=1S/C12H26N2O2/c1-10(2)13-6-11(3)7-14-4-5-16-9-12(14)8-15/h10-13,15H,4-9H2,1-3H3. The van der Waals surface area contributed by atoms with Crippen molar-refractivity contribution in [2.24, 2.45) is 5.92 Å². The van der Waals surface area contributed by atoms with Crippen molar-refractivity contribution >= 4 is 0 Å². The van der Waals surface area contributed by atoms with Gasteiger partial charge in [-0.25, -0.2) is 0 Å². The Kier molecular flexibility index (Phi) is 6.28. The predicted octanol–water partition coefficient (Wildman–Crippen LogP) is 0.314. The van der Waals surface area contributed by atoms with Gasteiger partial charge in [0.2, 0.25) is 0 Å². The summed E-state index contributed by atoms with van der Waals surface area (Å²) in [6, 6.07) is 0.732. The van der Waals surface area contributed by atoms with Crippen molar-refractivity contribution in [3.63, 3.8) is 0 Å². The summed E-state index contributed by atoms with van der Waals surface area (Å²) in [5.74, 6) is 0.606. The third-order valence-electron chi connectivity index (χ3n) is 2.98. The highest BCUT2D eigenvalue weighted by molar-refractivity contribution is 4.76. The van der Waals surface area contributed by atoms with E-state index in [1.807, 2.05) is 0 Å². The molecule has 16 heavy (non-hydrogen) atoms. The quantitative estimate of drug-likeness (QED) is 0.689. The van der Waals surface area contributed by atoms with Crippen LogP contribution in [0.3, 0.4) is 0 Å². The molecule has 0 aromatic rings. The summed E-state index contributed by atoms with van der Waals surface area (Å²) in [4.78, 5) is 2.34. The third kappa shape index (κ3) is 4.78. The van der Waals surface area contributed by atoms with Gasteiger partial charge in [-0.15, -0.1) is 0 Å². The molecule has 1 saturated heterocycles. The molecule has 1 fully saturated rings. The molecule has 1 heterocycles. The summed E-state index contributed by atoms with van der Waals surface area (Å²) in [7, 11) is 0. The largest absolute Gasteiger partial charge is 0.395 e. The molecule has 2 unspecified atom stereocenters. The van der Waals surface area contributed by atoms with Gasteiger partial charge in [-0.1, -0.05) is 20.8 Å². The first-order valence-electron chi connectivity index (χ1n) is 6.29. The highest BCUT2D eigenvalue weighted by Gasteiger charge is 2.23. The molecular formula is C12H26N2O2. The van der Waals surface area contributed by atoms with E-state index in [1.54, 1.807) is 0 Å². The molecule has 0 saturated carbocycles. The van der Waals surface area contributed by atoms with Crippen molar-refractivity contribution in [3.8, 4) is 0 Å². The highest BCUT2D eigenvalue weighted by Crippen LogP contribution is 2.09. The fourth-order valence-corrected chi connectivity index (χ4v) is 2.00. The maximum Gasteiger partial charge on any atom is 0.0644 e. The lowest BCUT2D eigenvalue weighted by Gasteiger charge is -2.36. The summed E-state index contributed by atoms with van der Waals surface area (Å²) in [5, 5.41) is 12.7. The van der Waals surface area contributed by atoms with E-state index in [0.717, 1.165) is 26.2 Å². The number of rotatable bonds is 6. The molecule has 0 bridgehead atoms. The highest BCUT2D eigenvalue weighted by atomic mass is 16.5. The molecule has 1 aliphatic heterocycles. The van der Waals surface area contributed by atoms with Crippen LogP contribution in [0.5, 0.6) is 0 Å². The molecule has 2 atom stereocenters. The van der Waals surface area contributed by atoms with Crippen molar-refractivity contribution in [3.05, 3.63) is 0 Å². The van der Waals surface area contributed by atoms with Crippen LogP contribution in [0, 0.1) is 5.92 Å². The Balaban J connectivity index is 2.27. The minimum Gasteiger partial charge on any atom is -0.395 e. The first-order valence-corrected chi connectivity index (χ1v) is 6.29. The Morgan fingerprint density at radius 2 is 2.19 bits per heavy atom. The van der Waals surface area contributed by atoms with Gasteiger partial charge in [-0.3, -0.25) is 4.90 Å². The number of hydrogen-bond donors (Lipinski definition) is 2. The average molecular weight is 230 g/mol. The SMILES string of the molecule is CC(CNC(C)C)CN1CCOCC1CO. The van der Waals surface area contributed by atoms with Gasteiger partial charge in [-0.2, -0.15) is 0 Å². The second kappa shape index (κ2) is 7.22. The molecular weight excluding hydrogens is 204 g/mol. The van der Waals surface area contributed by atoms with Crippen LogP contribution < -0.4 is 5.32 Å². The van der Waals surface area contributed by atoms with Crippen LogP contribution in [0.25, 0.3) is 0 Å². The van der Waals surface area contributed by atoms with Crippen LogP contribution in [0.15, 0.2) is 0 Å². The van der Waals surface area contributed by atoms with E-state index in [0.29, 0.717) is 18.6 Å². The Morgan fingerprint density at radius 1 is 1.44 bits per heavy atom. The first kappa shape index (κ1) is 13.9. The van der Waals surface area contributed by atoms with Crippen LogP contribution in [0.2, 0.25) is 0 Å². The molecule has 2 N–H and O–H groups in total. The number of hydrogen-bond acceptors (Lipinski definition) is 4.